The standard InChI is InChI=1S/C11H15.2C3H8O.Ti/c1-9-6-5-7-10(8-9)11(2,3)4;2*1-3(2)4;/h5-6,8H,1-4H3;2*3-4H,1-2H3;/q-1;;;. The van der Waals surface area contributed by atoms with Crippen LogP contribution in [0.1, 0.15) is 59.6 Å². The van der Waals surface area contributed by atoms with E-state index in [0.717, 1.165) is 0 Å². The first-order chi connectivity index (χ1) is 8.46. The fourth-order valence-corrected chi connectivity index (χ4v) is 1.01. The molecule has 1 rings (SSSR count). The normalized spacial score (nSPS) is 10.0. The minimum atomic E-state index is -0.167. The van der Waals surface area contributed by atoms with E-state index in [9.17, 15) is 0 Å². The van der Waals surface area contributed by atoms with Gasteiger partial charge in [-0.05, 0) is 33.1 Å². The molecule has 0 aliphatic carbocycles. The van der Waals surface area contributed by atoms with Crippen molar-refractivity contribution >= 4 is 0 Å². The first-order valence-corrected chi connectivity index (χ1v) is 6.81. The van der Waals surface area contributed by atoms with Crippen LogP contribution in [0.15, 0.2) is 18.2 Å². The molecular weight excluding hydrogens is 284 g/mol. The van der Waals surface area contributed by atoms with E-state index in [-0.39, 0.29) is 39.3 Å². The van der Waals surface area contributed by atoms with Crippen LogP contribution in [0.3, 0.4) is 0 Å². The van der Waals surface area contributed by atoms with Crippen molar-refractivity contribution in [2.45, 2.75) is 73.0 Å². The van der Waals surface area contributed by atoms with Crippen LogP contribution in [-0.2, 0) is 27.1 Å². The number of benzene rings is 1. The van der Waals surface area contributed by atoms with Crippen molar-refractivity contribution in [3.05, 3.63) is 35.4 Å². The number of rotatable bonds is 0. The third kappa shape index (κ3) is 20.2. The van der Waals surface area contributed by atoms with Gasteiger partial charge in [0.05, 0.1) is 0 Å². The van der Waals surface area contributed by atoms with Crippen LogP contribution in [0, 0.1) is 13.0 Å². The van der Waals surface area contributed by atoms with Gasteiger partial charge in [-0.2, -0.15) is 35.4 Å². The molecule has 0 unspecified atom stereocenters. The van der Waals surface area contributed by atoms with Gasteiger partial charge in [-0.25, -0.2) is 0 Å². The van der Waals surface area contributed by atoms with Gasteiger partial charge in [0.1, 0.15) is 0 Å². The fourth-order valence-electron chi connectivity index (χ4n) is 1.01. The van der Waals surface area contributed by atoms with Crippen LogP contribution in [0.5, 0.6) is 0 Å². The third-order valence-corrected chi connectivity index (χ3v) is 1.77. The Hall–Kier alpha value is -0.146. The fraction of sp³-hybridized carbons (Fsp3) is 0.647. The van der Waals surface area contributed by atoms with Crippen molar-refractivity contribution in [3.8, 4) is 0 Å². The van der Waals surface area contributed by atoms with Crippen molar-refractivity contribution in [1.82, 2.24) is 0 Å². The van der Waals surface area contributed by atoms with Crippen molar-refractivity contribution in [3.63, 3.8) is 0 Å². The molecule has 116 valence electrons. The molecule has 0 aliphatic rings. The summed E-state index contributed by atoms with van der Waals surface area (Å²) in [5.74, 6) is 0. The predicted molar refractivity (Wildman–Crippen MR) is 83.4 cm³/mol. The van der Waals surface area contributed by atoms with E-state index in [2.05, 4.69) is 45.9 Å². The van der Waals surface area contributed by atoms with E-state index >= 15 is 0 Å². The molecule has 0 saturated carbocycles. The maximum absolute atomic E-state index is 8.06. The van der Waals surface area contributed by atoms with Gasteiger partial charge in [0.15, 0.2) is 0 Å². The van der Waals surface area contributed by atoms with Crippen molar-refractivity contribution < 1.29 is 31.9 Å². The van der Waals surface area contributed by atoms with Crippen LogP contribution in [-0.4, -0.2) is 22.4 Å². The number of aliphatic hydroxyl groups excluding tert-OH is 2. The van der Waals surface area contributed by atoms with Gasteiger partial charge in [-0.15, -0.1) is 0 Å². The Labute approximate surface area is 140 Å². The molecule has 0 radical (unpaired) electrons. The summed E-state index contributed by atoms with van der Waals surface area (Å²) >= 11 is 0. The zero-order chi connectivity index (χ0) is 15.6. The second-order valence-corrected chi connectivity index (χ2v) is 6.22. The molecule has 20 heavy (non-hydrogen) atoms. The quantitative estimate of drug-likeness (QED) is 0.564. The minimum absolute atomic E-state index is 0. The van der Waals surface area contributed by atoms with Gasteiger partial charge in [0.25, 0.3) is 0 Å². The average molecular weight is 315 g/mol. The molecule has 2 nitrogen and oxygen atoms in total. The Balaban J connectivity index is -0.000000272. The van der Waals surface area contributed by atoms with Crippen LogP contribution in [0.4, 0.5) is 0 Å². The SMILES string of the molecule is CC(C)O.CC(C)O.Cc1cc[c-]c(C(C)(C)C)c1.[Ti]. The predicted octanol–water partition coefficient (Wildman–Crippen LogP) is 3.86. The van der Waals surface area contributed by atoms with Gasteiger partial charge >= 0.3 is 0 Å². The first kappa shape index (κ1) is 24.8. The minimum Gasteiger partial charge on any atom is -0.394 e. The smallest absolute Gasteiger partial charge is 0.0483 e. The molecule has 0 amide bonds. The molecule has 1 aromatic carbocycles. The Bertz CT molecular complexity index is 316. The molecule has 2 N–H and O–H groups in total. The van der Waals surface area contributed by atoms with Gasteiger partial charge < -0.3 is 10.2 Å². The summed E-state index contributed by atoms with van der Waals surface area (Å²) in [7, 11) is 0. The van der Waals surface area contributed by atoms with Crippen molar-refractivity contribution in [2.24, 2.45) is 0 Å². The number of aryl methyl sites for hydroxylation is 1. The summed E-state index contributed by atoms with van der Waals surface area (Å²) in [6.07, 6.45) is -0.333. The summed E-state index contributed by atoms with van der Waals surface area (Å²) in [6, 6.07) is 9.52. The molecule has 0 aromatic heterocycles. The molecule has 0 heterocycles. The number of hydrogen-bond acceptors (Lipinski definition) is 2. The Morgan fingerprint density at radius 3 is 1.55 bits per heavy atom. The molecule has 0 bridgehead atoms. The van der Waals surface area contributed by atoms with Gasteiger partial charge in [-0.3, -0.25) is 0 Å². The Kier molecular flexibility index (Phi) is 15.6. The molecule has 1 aromatic rings. The third-order valence-electron chi connectivity index (χ3n) is 1.77. The largest absolute Gasteiger partial charge is 0.394 e. The molecule has 0 spiro atoms. The second kappa shape index (κ2) is 12.6. The van der Waals surface area contributed by atoms with Gasteiger partial charge in [0, 0.05) is 33.9 Å². The summed E-state index contributed by atoms with van der Waals surface area (Å²) in [5.41, 5.74) is 2.83. The summed E-state index contributed by atoms with van der Waals surface area (Å²) in [5, 5.41) is 16.1. The Morgan fingerprint density at radius 2 is 1.35 bits per heavy atom. The first-order valence-electron chi connectivity index (χ1n) is 6.81. The van der Waals surface area contributed by atoms with Crippen LogP contribution in [0.25, 0.3) is 0 Å². The van der Waals surface area contributed by atoms with Gasteiger partial charge in [-0.1, -0.05) is 27.7 Å². The average Bonchev–Trinajstić information content (AvgIpc) is 2.14. The Morgan fingerprint density at radius 1 is 1.00 bits per heavy atom. The van der Waals surface area contributed by atoms with E-state index in [4.69, 9.17) is 10.2 Å². The second-order valence-electron chi connectivity index (χ2n) is 6.22. The zero-order valence-electron chi connectivity index (χ0n) is 14.3. The summed E-state index contributed by atoms with van der Waals surface area (Å²) < 4.78 is 0. The van der Waals surface area contributed by atoms with E-state index in [1.54, 1.807) is 27.7 Å². The molecule has 0 saturated heterocycles. The summed E-state index contributed by atoms with van der Waals surface area (Å²) in [6.45, 7) is 15.6. The zero-order valence-corrected chi connectivity index (χ0v) is 15.8. The molecule has 0 atom stereocenters. The molecule has 0 aliphatic heterocycles. The molecule has 3 heteroatoms. The van der Waals surface area contributed by atoms with E-state index < -0.39 is 0 Å². The monoisotopic (exact) mass is 315 g/mol. The summed E-state index contributed by atoms with van der Waals surface area (Å²) in [4.78, 5) is 0. The van der Waals surface area contributed by atoms with Crippen LogP contribution in [0.2, 0.25) is 0 Å². The van der Waals surface area contributed by atoms with E-state index in [0.29, 0.717) is 0 Å². The van der Waals surface area contributed by atoms with Gasteiger partial charge in [0.2, 0.25) is 0 Å². The molecule has 0 fully saturated rings. The maximum Gasteiger partial charge on any atom is 0.0483 e. The number of hydrogen-bond donors (Lipinski definition) is 2. The maximum atomic E-state index is 8.06. The van der Waals surface area contributed by atoms with Crippen LogP contribution >= 0.6 is 0 Å². The number of aliphatic hydroxyl groups is 2. The molecular formula is C17H31O2Ti-. The van der Waals surface area contributed by atoms with E-state index in [1.807, 2.05) is 6.07 Å². The van der Waals surface area contributed by atoms with Crippen LogP contribution < -0.4 is 0 Å². The van der Waals surface area contributed by atoms with E-state index in [1.165, 1.54) is 11.1 Å². The topological polar surface area (TPSA) is 40.5 Å². The van der Waals surface area contributed by atoms with Crippen molar-refractivity contribution in [2.75, 3.05) is 0 Å². The van der Waals surface area contributed by atoms with Crippen molar-refractivity contribution in [1.29, 1.82) is 0 Å².